The van der Waals surface area contributed by atoms with Gasteiger partial charge in [0, 0.05) is 0 Å². The SMILES string of the molecule is O=C([O-])c1ccc(-c2c3cc4ccccc4cc3c(-c3cc[c-]cc3)c3cc4ccccc4cc23)cc1.[Na+].[Na+]. The van der Waals surface area contributed by atoms with Gasteiger partial charge in [-0.05, 0) is 89.6 Å². The maximum absolute atomic E-state index is 11.5. The first-order valence-corrected chi connectivity index (χ1v) is 12.3. The van der Waals surface area contributed by atoms with Crippen molar-refractivity contribution in [3.63, 3.8) is 0 Å². The molecule has 0 N–H and O–H groups in total. The molecule has 0 spiro atoms. The summed E-state index contributed by atoms with van der Waals surface area (Å²) < 4.78 is 0. The average molecular weight is 519 g/mol. The van der Waals surface area contributed by atoms with Crippen molar-refractivity contribution in [2.75, 3.05) is 0 Å². The van der Waals surface area contributed by atoms with E-state index in [1.54, 1.807) is 12.1 Å². The van der Waals surface area contributed by atoms with E-state index in [1.807, 2.05) is 24.3 Å². The van der Waals surface area contributed by atoms with Gasteiger partial charge in [-0.15, -0.1) is 5.56 Å². The van der Waals surface area contributed by atoms with Gasteiger partial charge < -0.3 is 9.90 Å². The summed E-state index contributed by atoms with van der Waals surface area (Å²) in [5, 5.41) is 20.7. The summed E-state index contributed by atoms with van der Waals surface area (Å²) in [5.41, 5.74) is 4.56. The molecule has 0 unspecified atom stereocenters. The van der Waals surface area contributed by atoms with Crippen molar-refractivity contribution in [2.24, 2.45) is 0 Å². The molecule has 7 aromatic rings. The zero-order chi connectivity index (χ0) is 24.9. The van der Waals surface area contributed by atoms with Crippen LogP contribution in [0.5, 0.6) is 0 Å². The van der Waals surface area contributed by atoms with Crippen molar-refractivity contribution in [2.45, 2.75) is 0 Å². The molecule has 0 fully saturated rings. The Morgan fingerprint density at radius 3 is 1.23 bits per heavy atom. The average Bonchev–Trinajstić information content (AvgIpc) is 2.94. The number of benzene rings is 7. The van der Waals surface area contributed by atoms with Crippen LogP contribution in [-0.4, -0.2) is 5.97 Å². The van der Waals surface area contributed by atoms with E-state index >= 15 is 0 Å². The van der Waals surface area contributed by atoms with Crippen LogP contribution in [0.3, 0.4) is 0 Å². The quantitative estimate of drug-likeness (QED) is 0.203. The molecule has 0 aliphatic carbocycles. The Balaban J connectivity index is 0.00000154. The summed E-state index contributed by atoms with van der Waals surface area (Å²) in [7, 11) is 0. The van der Waals surface area contributed by atoms with Crippen molar-refractivity contribution < 1.29 is 69.0 Å². The third-order valence-electron chi connectivity index (χ3n) is 7.27. The molecule has 0 atom stereocenters. The molecule has 2 nitrogen and oxygen atoms in total. The van der Waals surface area contributed by atoms with Gasteiger partial charge in [-0.3, -0.25) is 0 Å². The van der Waals surface area contributed by atoms with Gasteiger partial charge in [-0.2, -0.15) is 30.3 Å². The van der Waals surface area contributed by atoms with Crippen LogP contribution >= 0.6 is 0 Å². The summed E-state index contributed by atoms with van der Waals surface area (Å²) in [6.45, 7) is 0. The summed E-state index contributed by atoms with van der Waals surface area (Å²) in [6.07, 6.45) is 0. The van der Waals surface area contributed by atoms with E-state index < -0.39 is 5.97 Å². The van der Waals surface area contributed by atoms with E-state index in [-0.39, 0.29) is 64.7 Å². The normalized spacial score (nSPS) is 10.9. The van der Waals surface area contributed by atoms with Gasteiger partial charge in [-0.25, -0.2) is 0 Å². The third-order valence-corrected chi connectivity index (χ3v) is 7.27. The molecule has 0 saturated heterocycles. The van der Waals surface area contributed by atoms with Crippen molar-refractivity contribution in [3.8, 4) is 22.3 Å². The smallest absolute Gasteiger partial charge is 0.545 e. The van der Waals surface area contributed by atoms with Crippen LogP contribution in [0.4, 0.5) is 0 Å². The molecule has 7 rings (SSSR count). The third kappa shape index (κ3) is 4.83. The van der Waals surface area contributed by atoms with Gasteiger partial charge in [0.2, 0.25) is 0 Å². The van der Waals surface area contributed by atoms with E-state index in [0.29, 0.717) is 0 Å². The molecule has 0 amide bonds. The van der Waals surface area contributed by atoms with Crippen molar-refractivity contribution >= 4 is 49.1 Å². The first-order chi connectivity index (χ1) is 18.2. The Kier molecular flexibility index (Phi) is 7.98. The van der Waals surface area contributed by atoms with Gasteiger partial charge in [-0.1, -0.05) is 72.8 Å². The Morgan fingerprint density at radius 2 is 0.872 bits per heavy atom. The molecule has 4 heteroatoms. The van der Waals surface area contributed by atoms with E-state index in [2.05, 4.69) is 91.0 Å². The predicted octanol–water partition coefficient (Wildman–Crippen LogP) is 1.81. The van der Waals surface area contributed by atoms with Crippen LogP contribution in [0.2, 0.25) is 0 Å². The molecule has 0 bridgehead atoms. The van der Waals surface area contributed by atoms with E-state index in [4.69, 9.17) is 0 Å². The van der Waals surface area contributed by atoms with Crippen LogP contribution in [0, 0.1) is 6.07 Å². The fourth-order valence-electron chi connectivity index (χ4n) is 5.55. The molecule has 0 saturated carbocycles. The predicted molar refractivity (Wildman–Crippen MR) is 151 cm³/mol. The van der Waals surface area contributed by atoms with Crippen molar-refractivity contribution in [3.05, 3.63) is 133 Å². The number of fused-ring (bicyclic) bond motifs is 4. The van der Waals surface area contributed by atoms with Crippen molar-refractivity contribution in [1.82, 2.24) is 0 Å². The minimum absolute atomic E-state index is 0. The summed E-state index contributed by atoms with van der Waals surface area (Å²) in [5.74, 6) is -1.17. The molecular weight excluding hydrogens is 498 g/mol. The second-order valence-electron chi connectivity index (χ2n) is 9.39. The first kappa shape index (κ1) is 27.6. The van der Waals surface area contributed by atoms with Crippen LogP contribution in [0.25, 0.3) is 65.3 Å². The molecule has 0 radical (unpaired) electrons. The molecule has 39 heavy (non-hydrogen) atoms. The Labute approximate surface area is 270 Å². The Bertz CT molecular complexity index is 1900. The van der Waals surface area contributed by atoms with Crippen LogP contribution in [0.1, 0.15) is 10.4 Å². The molecule has 0 heterocycles. The molecule has 0 aliphatic heterocycles. The van der Waals surface area contributed by atoms with Crippen LogP contribution in [0.15, 0.2) is 121 Å². The number of aromatic carboxylic acids is 1. The molecule has 0 aliphatic rings. The van der Waals surface area contributed by atoms with Gasteiger partial charge in [0.15, 0.2) is 0 Å². The second-order valence-corrected chi connectivity index (χ2v) is 9.39. The number of carbonyl (C=O) groups excluding carboxylic acids is 1. The maximum Gasteiger partial charge on any atom is 1.00 e. The Hall–Kier alpha value is -2.95. The maximum atomic E-state index is 11.5. The minimum Gasteiger partial charge on any atom is -0.545 e. The van der Waals surface area contributed by atoms with E-state index in [9.17, 15) is 9.90 Å². The number of hydrogen-bond acceptors (Lipinski definition) is 2. The van der Waals surface area contributed by atoms with Crippen LogP contribution < -0.4 is 64.2 Å². The van der Waals surface area contributed by atoms with Crippen molar-refractivity contribution in [1.29, 1.82) is 0 Å². The zero-order valence-corrected chi connectivity index (χ0v) is 25.9. The number of carboxylic acid groups (broad SMARTS) is 1. The second kappa shape index (κ2) is 11.3. The number of hydrogen-bond donors (Lipinski definition) is 0. The summed E-state index contributed by atoms with van der Waals surface area (Å²) in [4.78, 5) is 11.5. The fraction of sp³-hybridized carbons (Fsp3) is 0. The monoisotopic (exact) mass is 518 g/mol. The molecular formula is C35H20Na2O2. The summed E-state index contributed by atoms with van der Waals surface area (Å²) >= 11 is 0. The van der Waals surface area contributed by atoms with Gasteiger partial charge >= 0.3 is 59.1 Å². The minimum atomic E-state index is -1.17. The fourth-order valence-corrected chi connectivity index (χ4v) is 5.55. The van der Waals surface area contributed by atoms with Crippen LogP contribution in [-0.2, 0) is 0 Å². The van der Waals surface area contributed by atoms with Gasteiger partial charge in [0.25, 0.3) is 0 Å². The first-order valence-electron chi connectivity index (χ1n) is 12.3. The molecule has 174 valence electrons. The topological polar surface area (TPSA) is 40.1 Å². The Morgan fingerprint density at radius 1 is 0.513 bits per heavy atom. The number of rotatable bonds is 3. The number of carbonyl (C=O) groups is 1. The zero-order valence-electron chi connectivity index (χ0n) is 21.9. The largest absolute Gasteiger partial charge is 1.00 e. The van der Waals surface area contributed by atoms with Gasteiger partial charge in [0.05, 0.1) is 5.97 Å². The summed E-state index contributed by atoms with van der Waals surface area (Å²) in [6, 6.07) is 44.3. The van der Waals surface area contributed by atoms with Gasteiger partial charge in [0.1, 0.15) is 0 Å². The standard InChI is InChI=1S/C35H21O2.2Na/c36-35(37)24-16-14-23(15-17-24)34-31-20-27-12-6-4-10-25(27)18-29(31)33(22-8-2-1-3-9-22)30-19-26-11-5-7-13-28(26)21-32(30)34;;/h2-21H,(H,36,37);;/q-1;2*+1/p-1. The van der Waals surface area contributed by atoms with E-state index in [0.717, 1.165) is 49.0 Å². The number of carboxylic acids is 1. The molecule has 7 aromatic carbocycles. The molecule has 0 aromatic heterocycles. The van der Waals surface area contributed by atoms with E-state index in [1.165, 1.54) is 16.3 Å².